The Morgan fingerprint density at radius 1 is 1.47 bits per heavy atom. The highest BCUT2D eigenvalue weighted by molar-refractivity contribution is 6.70. The quantitative estimate of drug-likeness (QED) is 0.378. The van der Waals surface area contributed by atoms with Crippen molar-refractivity contribution in [2.75, 3.05) is 7.11 Å². The number of oxime groups is 1. The van der Waals surface area contributed by atoms with Crippen molar-refractivity contribution in [1.29, 1.82) is 0 Å². The summed E-state index contributed by atoms with van der Waals surface area (Å²) in [6.07, 6.45) is 0. The molecular weight excluding hydrogens is 241 g/mol. The second-order valence-electron chi connectivity index (χ2n) is 2.55. The molecular formula is C9H7Cl2NO3. The van der Waals surface area contributed by atoms with Gasteiger partial charge < -0.3 is 9.94 Å². The number of methoxy groups -OCH3 is 1. The monoisotopic (exact) mass is 247 g/mol. The van der Waals surface area contributed by atoms with Gasteiger partial charge in [-0.05, 0) is 6.07 Å². The van der Waals surface area contributed by atoms with Gasteiger partial charge in [0.1, 0.15) is 0 Å². The average Bonchev–Trinajstić information content (AvgIpc) is 2.27. The second kappa shape index (κ2) is 5.00. The van der Waals surface area contributed by atoms with Crippen LogP contribution in [0.15, 0.2) is 23.4 Å². The van der Waals surface area contributed by atoms with Crippen molar-refractivity contribution in [3.63, 3.8) is 0 Å². The number of benzene rings is 1. The van der Waals surface area contributed by atoms with Crippen LogP contribution >= 0.6 is 23.2 Å². The molecule has 0 heterocycles. The molecule has 0 atom stereocenters. The molecule has 0 amide bonds. The van der Waals surface area contributed by atoms with E-state index in [0.29, 0.717) is 0 Å². The normalized spacial score (nSPS) is 11.3. The molecule has 0 aliphatic rings. The number of carbonyl (C=O) groups excluding carboxylic acids is 1. The van der Waals surface area contributed by atoms with Gasteiger partial charge >= 0.3 is 5.97 Å². The van der Waals surface area contributed by atoms with E-state index in [1.165, 1.54) is 19.2 Å². The zero-order valence-electron chi connectivity index (χ0n) is 7.70. The molecule has 0 unspecified atom stereocenters. The molecule has 0 fully saturated rings. The van der Waals surface area contributed by atoms with Crippen LogP contribution in [0.3, 0.4) is 0 Å². The van der Waals surface area contributed by atoms with Crippen molar-refractivity contribution in [2.24, 2.45) is 5.16 Å². The first kappa shape index (κ1) is 11.8. The Hall–Kier alpha value is -1.26. The fourth-order valence-corrected chi connectivity index (χ4v) is 1.51. The van der Waals surface area contributed by atoms with Crippen molar-refractivity contribution in [1.82, 2.24) is 0 Å². The summed E-state index contributed by atoms with van der Waals surface area (Å²) in [6, 6.07) is 4.57. The number of nitrogens with zero attached hydrogens (tertiary/aromatic N) is 1. The van der Waals surface area contributed by atoms with Gasteiger partial charge in [0.2, 0.25) is 0 Å². The summed E-state index contributed by atoms with van der Waals surface area (Å²) in [7, 11) is 1.24. The minimum atomic E-state index is -0.579. The minimum Gasteiger partial charge on any atom is -0.465 e. The molecule has 1 aromatic carbocycles. The summed E-state index contributed by atoms with van der Waals surface area (Å²) in [5, 5.41) is 11.2. The predicted octanol–water partition coefficient (Wildman–Crippen LogP) is 2.50. The lowest BCUT2D eigenvalue weighted by molar-refractivity contribution is 0.0601. The predicted molar refractivity (Wildman–Crippen MR) is 57.0 cm³/mol. The van der Waals surface area contributed by atoms with Crippen LogP contribution in [0.4, 0.5) is 0 Å². The minimum absolute atomic E-state index is 0.0900. The lowest BCUT2D eigenvalue weighted by Gasteiger charge is -2.05. The first-order valence-corrected chi connectivity index (χ1v) is 4.62. The summed E-state index contributed by atoms with van der Waals surface area (Å²) in [5.41, 5.74) is 0.433. The third-order valence-corrected chi connectivity index (χ3v) is 2.40. The molecule has 0 bridgehead atoms. The topological polar surface area (TPSA) is 58.9 Å². The van der Waals surface area contributed by atoms with Gasteiger partial charge in [0, 0.05) is 5.56 Å². The van der Waals surface area contributed by atoms with E-state index >= 15 is 0 Å². The number of carbonyl (C=O) groups is 1. The summed E-state index contributed by atoms with van der Waals surface area (Å²) < 4.78 is 4.52. The summed E-state index contributed by atoms with van der Waals surface area (Å²) in [6.45, 7) is 0. The second-order valence-corrected chi connectivity index (χ2v) is 3.29. The molecule has 0 spiro atoms. The Bertz CT molecular complexity index is 418. The number of hydrogen-bond acceptors (Lipinski definition) is 4. The maximum absolute atomic E-state index is 11.2. The smallest absolute Gasteiger partial charge is 0.339 e. The molecule has 4 nitrogen and oxygen atoms in total. The van der Waals surface area contributed by atoms with Gasteiger partial charge in [-0.15, -0.1) is 0 Å². The van der Waals surface area contributed by atoms with E-state index in [-0.39, 0.29) is 21.3 Å². The van der Waals surface area contributed by atoms with Crippen LogP contribution in [-0.2, 0) is 4.74 Å². The Morgan fingerprint density at radius 3 is 2.60 bits per heavy atom. The molecule has 0 saturated heterocycles. The molecule has 0 saturated carbocycles. The van der Waals surface area contributed by atoms with Crippen LogP contribution in [0, 0.1) is 0 Å². The third-order valence-electron chi connectivity index (χ3n) is 1.71. The fourth-order valence-electron chi connectivity index (χ4n) is 1.01. The van der Waals surface area contributed by atoms with Crippen LogP contribution in [0.5, 0.6) is 0 Å². The summed E-state index contributed by atoms with van der Waals surface area (Å²) in [4.78, 5) is 11.2. The van der Waals surface area contributed by atoms with E-state index < -0.39 is 5.97 Å². The maximum atomic E-state index is 11.2. The van der Waals surface area contributed by atoms with Gasteiger partial charge in [0.25, 0.3) is 0 Å². The highest BCUT2D eigenvalue weighted by Crippen LogP contribution is 2.23. The van der Waals surface area contributed by atoms with Gasteiger partial charge in [-0.2, -0.15) is 0 Å². The highest BCUT2D eigenvalue weighted by atomic mass is 35.5. The van der Waals surface area contributed by atoms with Crippen LogP contribution < -0.4 is 0 Å². The number of rotatable bonds is 2. The molecule has 1 N–H and O–H groups in total. The lowest BCUT2D eigenvalue weighted by Crippen LogP contribution is -2.05. The van der Waals surface area contributed by atoms with E-state index in [1.54, 1.807) is 6.07 Å². The zero-order chi connectivity index (χ0) is 11.4. The average molecular weight is 248 g/mol. The van der Waals surface area contributed by atoms with Crippen molar-refractivity contribution in [2.45, 2.75) is 0 Å². The molecule has 0 aromatic heterocycles. The van der Waals surface area contributed by atoms with Gasteiger partial charge in [-0.1, -0.05) is 40.5 Å². The first-order chi connectivity index (χ1) is 7.11. The van der Waals surface area contributed by atoms with E-state index in [1.807, 2.05) is 0 Å². The zero-order valence-corrected chi connectivity index (χ0v) is 9.21. The van der Waals surface area contributed by atoms with Crippen molar-refractivity contribution < 1.29 is 14.7 Å². The third kappa shape index (κ3) is 2.40. The molecule has 15 heavy (non-hydrogen) atoms. The number of halogens is 2. The van der Waals surface area contributed by atoms with E-state index in [4.69, 9.17) is 28.4 Å². The molecule has 80 valence electrons. The van der Waals surface area contributed by atoms with Gasteiger partial charge in [0.05, 0.1) is 17.7 Å². The Kier molecular flexibility index (Phi) is 3.94. The van der Waals surface area contributed by atoms with Crippen LogP contribution in [0.2, 0.25) is 5.02 Å². The number of hydrogen-bond donors (Lipinski definition) is 1. The SMILES string of the molecule is COC(=O)c1cccc(/C(Cl)=N\O)c1Cl. The van der Waals surface area contributed by atoms with E-state index in [2.05, 4.69) is 9.89 Å². The Labute approximate surface area is 96.1 Å². The van der Waals surface area contributed by atoms with Gasteiger partial charge in [0.15, 0.2) is 5.17 Å². The molecule has 1 aromatic rings. The standard InChI is InChI=1S/C9H7Cl2NO3/c1-15-9(13)6-4-2-3-5(7(6)10)8(11)12-14/h2-4,14H,1H3/b12-8+. The van der Waals surface area contributed by atoms with E-state index in [9.17, 15) is 4.79 Å². The lowest BCUT2D eigenvalue weighted by atomic mass is 10.1. The maximum Gasteiger partial charge on any atom is 0.339 e. The molecule has 0 radical (unpaired) electrons. The Morgan fingerprint density at radius 2 is 2.07 bits per heavy atom. The van der Waals surface area contributed by atoms with Crippen molar-refractivity contribution in [3.05, 3.63) is 34.3 Å². The molecule has 1 rings (SSSR count). The van der Waals surface area contributed by atoms with E-state index in [0.717, 1.165) is 0 Å². The van der Waals surface area contributed by atoms with Crippen molar-refractivity contribution in [3.8, 4) is 0 Å². The number of ether oxygens (including phenoxy) is 1. The summed E-state index contributed by atoms with van der Waals surface area (Å²) >= 11 is 11.5. The molecule has 0 aliphatic heterocycles. The largest absolute Gasteiger partial charge is 0.465 e. The van der Waals surface area contributed by atoms with Crippen LogP contribution in [0.25, 0.3) is 0 Å². The van der Waals surface area contributed by atoms with Gasteiger partial charge in [-0.25, -0.2) is 4.79 Å². The fraction of sp³-hybridized carbons (Fsp3) is 0.111. The van der Waals surface area contributed by atoms with Crippen molar-refractivity contribution >= 4 is 34.3 Å². The molecule has 0 aliphatic carbocycles. The number of esters is 1. The Balaban J connectivity index is 3.29. The first-order valence-electron chi connectivity index (χ1n) is 3.86. The highest BCUT2D eigenvalue weighted by Gasteiger charge is 2.15. The van der Waals surface area contributed by atoms with Gasteiger partial charge in [-0.3, -0.25) is 0 Å². The molecule has 6 heteroatoms. The summed E-state index contributed by atoms with van der Waals surface area (Å²) in [5.74, 6) is -0.579. The van der Waals surface area contributed by atoms with Crippen LogP contribution in [-0.4, -0.2) is 23.5 Å². The van der Waals surface area contributed by atoms with Crippen LogP contribution in [0.1, 0.15) is 15.9 Å².